The molecule has 0 aromatic heterocycles. The van der Waals surface area contributed by atoms with E-state index in [1.807, 2.05) is 38.1 Å². The van der Waals surface area contributed by atoms with Crippen molar-refractivity contribution in [1.82, 2.24) is 0 Å². The van der Waals surface area contributed by atoms with E-state index in [0.29, 0.717) is 0 Å². The first-order valence-corrected chi connectivity index (χ1v) is 6.81. The summed E-state index contributed by atoms with van der Waals surface area (Å²) in [5.41, 5.74) is 7.38. The van der Waals surface area contributed by atoms with Crippen LogP contribution in [0.25, 0.3) is 0 Å². The Morgan fingerprint density at radius 1 is 1.11 bits per heavy atom. The third-order valence-electron chi connectivity index (χ3n) is 3.07. The minimum Gasteiger partial charge on any atom is -0.491 e. The molecule has 0 aliphatic rings. The molecular formula is C16H27NO2. The number of hydrogen-bond donors (Lipinski definition) is 1. The summed E-state index contributed by atoms with van der Waals surface area (Å²) in [6, 6.07) is 7.72. The Bertz CT molecular complexity index is 396. The Hall–Kier alpha value is -1.06. The molecule has 0 saturated carbocycles. The summed E-state index contributed by atoms with van der Waals surface area (Å²) in [5.74, 6) is 0.844. The molecule has 0 spiro atoms. The zero-order valence-corrected chi connectivity index (χ0v) is 12.9. The number of para-hydroxylation sites is 1. The number of rotatable bonds is 5. The predicted molar refractivity (Wildman–Crippen MR) is 79.4 cm³/mol. The Morgan fingerprint density at radius 3 is 2.16 bits per heavy atom. The van der Waals surface area contributed by atoms with Gasteiger partial charge in [0.05, 0.1) is 18.2 Å². The minimum atomic E-state index is -0.208. The highest BCUT2D eigenvalue weighted by Crippen LogP contribution is 2.34. The fourth-order valence-corrected chi connectivity index (χ4v) is 2.32. The molecule has 0 aliphatic heterocycles. The number of ether oxygens (including phenoxy) is 2. The Kier molecular flexibility index (Phi) is 5.39. The van der Waals surface area contributed by atoms with Crippen molar-refractivity contribution in [3.63, 3.8) is 0 Å². The van der Waals surface area contributed by atoms with Crippen LogP contribution in [0.1, 0.15) is 46.2 Å². The third kappa shape index (κ3) is 4.22. The third-order valence-corrected chi connectivity index (χ3v) is 3.07. The number of benzene rings is 1. The van der Waals surface area contributed by atoms with Crippen molar-refractivity contribution in [2.24, 2.45) is 11.1 Å². The molecule has 0 radical (unpaired) electrons. The summed E-state index contributed by atoms with van der Waals surface area (Å²) < 4.78 is 11.4. The SMILES string of the molecule is COC(C(N)c1ccccc1OC(C)C)C(C)(C)C. The van der Waals surface area contributed by atoms with Gasteiger partial charge in [-0.2, -0.15) is 0 Å². The second kappa shape index (κ2) is 6.40. The van der Waals surface area contributed by atoms with E-state index in [4.69, 9.17) is 15.2 Å². The molecule has 0 amide bonds. The lowest BCUT2D eigenvalue weighted by molar-refractivity contribution is -0.00314. The van der Waals surface area contributed by atoms with Gasteiger partial charge in [-0.15, -0.1) is 0 Å². The zero-order chi connectivity index (χ0) is 14.6. The van der Waals surface area contributed by atoms with Crippen molar-refractivity contribution in [1.29, 1.82) is 0 Å². The molecule has 0 aliphatic carbocycles. The fraction of sp³-hybridized carbons (Fsp3) is 0.625. The van der Waals surface area contributed by atoms with E-state index >= 15 is 0 Å². The summed E-state index contributed by atoms with van der Waals surface area (Å²) in [6.07, 6.45) is 0.0633. The summed E-state index contributed by atoms with van der Waals surface area (Å²) in [6.45, 7) is 10.4. The van der Waals surface area contributed by atoms with Gasteiger partial charge in [-0.25, -0.2) is 0 Å². The van der Waals surface area contributed by atoms with Crippen molar-refractivity contribution in [3.8, 4) is 5.75 Å². The molecule has 3 heteroatoms. The molecule has 0 bridgehead atoms. The van der Waals surface area contributed by atoms with Gasteiger partial charge in [0.15, 0.2) is 0 Å². The van der Waals surface area contributed by atoms with Gasteiger partial charge in [0, 0.05) is 12.7 Å². The molecule has 2 unspecified atom stereocenters. The van der Waals surface area contributed by atoms with Crippen molar-refractivity contribution in [2.75, 3.05) is 7.11 Å². The zero-order valence-electron chi connectivity index (χ0n) is 12.9. The van der Waals surface area contributed by atoms with Gasteiger partial charge < -0.3 is 15.2 Å². The lowest BCUT2D eigenvalue weighted by Crippen LogP contribution is -2.38. The highest BCUT2D eigenvalue weighted by Gasteiger charge is 2.32. The summed E-state index contributed by atoms with van der Waals surface area (Å²) in [4.78, 5) is 0. The molecule has 0 heterocycles. The van der Waals surface area contributed by atoms with Crippen LogP contribution in [-0.2, 0) is 4.74 Å². The highest BCUT2D eigenvalue weighted by atomic mass is 16.5. The van der Waals surface area contributed by atoms with E-state index in [2.05, 4.69) is 20.8 Å². The van der Waals surface area contributed by atoms with Crippen LogP contribution in [0, 0.1) is 5.41 Å². The van der Waals surface area contributed by atoms with Gasteiger partial charge in [-0.1, -0.05) is 39.0 Å². The predicted octanol–water partition coefficient (Wildman–Crippen LogP) is 3.53. The Labute approximate surface area is 117 Å². The number of methoxy groups -OCH3 is 1. The summed E-state index contributed by atoms with van der Waals surface area (Å²) >= 11 is 0. The van der Waals surface area contributed by atoms with Crippen LogP contribution in [-0.4, -0.2) is 19.3 Å². The summed E-state index contributed by atoms with van der Waals surface area (Å²) in [5, 5.41) is 0. The molecule has 2 N–H and O–H groups in total. The van der Waals surface area contributed by atoms with Gasteiger partial charge in [0.2, 0.25) is 0 Å². The van der Waals surface area contributed by atoms with E-state index in [1.165, 1.54) is 0 Å². The van der Waals surface area contributed by atoms with Crippen molar-refractivity contribution >= 4 is 0 Å². The monoisotopic (exact) mass is 265 g/mol. The molecule has 1 rings (SSSR count). The quantitative estimate of drug-likeness (QED) is 0.885. The Morgan fingerprint density at radius 2 is 1.68 bits per heavy atom. The van der Waals surface area contributed by atoms with Crippen LogP contribution in [0.5, 0.6) is 5.75 Å². The van der Waals surface area contributed by atoms with Gasteiger partial charge in [0.1, 0.15) is 5.75 Å². The van der Waals surface area contributed by atoms with Crippen molar-refractivity contribution < 1.29 is 9.47 Å². The smallest absolute Gasteiger partial charge is 0.124 e. The lowest BCUT2D eigenvalue weighted by Gasteiger charge is -2.34. The highest BCUT2D eigenvalue weighted by molar-refractivity contribution is 5.36. The number of nitrogens with two attached hydrogens (primary N) is 1. The molecule has 1 aromatic rings. The summed E-state index contributed by atoms with van der Waals surface area (Å²) in [7, 11) is 1.71. The maximum atomic E-state index is 6.41. The van der Waals surface area contributed by atoms with Crippen LogP contribution in [0.15, 0.2) is 24.3 Å². The first-order valence-electron chi connectivity index (χ1n) is 6.81. The van der Waals surface area contributed by atoms with E-state index in [-0.39, 0.29) is 23.7 Å². The molecule has 108 valence electrons. The van der Waals surface area contributed by atoms with Gasteiger partial charge in [-0.3, -0.25) is 0 Å². The van der Waals surface area contributed by atoms with Crippen molar-refractivity contribution in [3.05, 3.63) is 29.8 Å². The second-order valence-corrected chi connectivity index (χ2v) is 6.25. The van der Waals surface area contributed by atoms with Crippen LogP contribution in [0.4, 0.5) is 0 Å². The van der Waals surface area contributed by atoms with Gasteiger partial charge in [0.25, 0.3) is 0 Å². The second-order valence-electron chi connectivity index (χ2n) is 6.25. The maximum absolute atomic E-state index is 6.41. The normalized spacial score (nSPS) is 15.4. The number of hydrogen-bond acceptors (Lipinski definition) is 3. The lowest BCUT2D eigenvalue weighted by atomic mass is 9.82. The Balaban J connectivity index is 3.07. The molecule has 19 heavy (non-hydrogen) atoms. The minimum absolute atomic E-state index is 0.0287. The van der Waals surface area contributed by atoms with Gasteiger partial charge >= 0.3 is 0 Å². The average molecular weight is 265 g/mol. The molecule has 0 fully saturated rings. The fourth-order valence-electron chi connectivity index (χ4n) is 2.32. The standard InChI is InChI=1S/C16H27NO2/c1-11(2)19-13-10-8-7-9-12(13)14(17)15(18-6)16(3,4)5/h7-11,14-15H,17H2,1-6H3. The molecular weight excluding hydrogens is 238 g/mol. The van der Waals surface area contributed by atoms with Crippen LogP contribution < -0.4 is 10.5 Å². The van der Waals surface area contributed by atoms with Crippen LogP contribution >= 0.6 is 0 Å². The topological polar surface area (TPSA) is 44.5 Å². The maximum Gasteiger partial charge on any atom is 0.124 e. The van der Waals surface area contributed by atoms with Crippen molar-refractivity contribution in [2.45, 2.75) is 52.9 Å². The average Bonchev–Trinajstić information content (AvgIpc) is 2.27. The molecule has 0 saturated heterocycles. The largest absolute Gasteiger partial charge is 0.491 e. The van der Waals surface area contributed by atoms with Crippen LogP contribution in [0.3, 0.4) is 0 Å². The first kappa shape index (κ1) is 16.0. The molecule has 3 nitrogen and oxygen atoms in total. The van der Waals surface area contributed by atoms with Crippen LogP contribution in [0.2, 0.25) is 0 Å². The van der Waals surface area contributed by atoms with E-state index < -0.39 is 0 Å². The van der Waals surface area contributed by atoms with E-state index in [0.717, 1.165) is 11.3 Å². The van der Waals surface area contributed by atoms with Gasteiger partial charge in [-0.05, 0) is 25.3 Å². The van der Waals surface area contributed by atoms with E-state index in [1.54, 1.807) is 7.11 Å². The first-order chi connectivity index (χ1) is 8.77. The van der Waals surface area contributed by atoms with E-state index in [9.17, 15) is 0 Å². The molecule has 2 atom stereocenters. The molecule has 1 aromatic carbocycles.